The van der Waals surface area contributed by atoms with Crippen molar-refractivity contribution in [3.05, 3.63) is 24.4 Å². The molecular weight excluding hydrogens is 182 g/mol. The Labute approximate surface area is 80.2 Å². The molecule has 0 aliphatic heterocycles. The maximum Gasteiger partial charge on any atom is 0.223 e. The van der Waals surface area contributed by atoms with Gasteiger partial charge in [0.2, 0.25) is 5.82 Å². The van der Waals surface area contributed by atoms with E-state index < -0.39 is 0 Å². The van der Waals surface area contributed by atoms with E-state index in [4.69, 9.17) is 5.11 Å². The number of hydrogen-bond acceptors (Lipinski definition) is 5. The fraction of sp³-hybridized carbons (Fsp3) is 0.250. The average Bonchev–Trinajstić information content (AvgIpc) is 2.68. The van der Waals surface area contributed by atoms with Crippen LogP contribution in [0.5, 0.6) is 0 Å². The second kappa shape index (κ2) is 3.93. The summed E-state index contributed by atoms with van der Waals surface area (Å²) in [7, 11) is 0. The highest BCUT2D eigenvalue weighted by molar-refractivity contribution is 5.46. The fourth-order valence-corrected chi connectivity index (χ4v) is 1.02. The molecule has 1 N–H and O–H groups in total. The molecule has 0 saturated carbocycles. The predicted octanol–water partition coefficient (Wildman–Crippen LogP) is -0.273. The molecule has 14 heavy (non-hydrogen) atoms. The SMILES string of the molecule is OCCn1nnc(-c2ccccn2)n1. The van der Waals surface area contributed by atoms with Crippen molar-refractivity contribution >= 4 is 0 Å². The van der Waals surface area contributed by atoms with Crippen molar-refractivity contribution in [2.45, 2.75) is 6.54 Å². The van der Waals surface area contributed by atoms with Crippen LogP contribution in [0.25, 0.3) is 11.5 Å². The first-order valence-electron chi connectivity index (χ1n) is 4.20. The van der Waals surface area contributed by atoms with Crippen LogP contribution in [0.1, 0.15) is 0 Å². The van der Waals surface area contributed by atoms with Crippen LogP contribution in [0.4, 0.5) is 0 Å². The van der Waals surface area contributed by atoms with Crippen molar-refractivity contribution < 1.29 is 5.11 Å². The molecule has 0 aliphatic rings. The van der Waals surface area contributed by atoms with E-state index in [1.807, 2.05) is 12.1 Å². The third-order valence-electron chi connectivity index (χ3n) is 1.65. The van der Waals surface area contributed by atoms with Crippen molar-refractivity contribution in [3.63, 3.8) is 0 Å². The van der Waals surface area contributed by atoms with Gasteiger partial charge >= 0.3 is 0 Å². The second-order valence-electron chi connectivity index (χ2n) is 2.65. The number of aliphatic hydroxyl groups excluding tert-OH is 1. The van der Waals surface area contributed by atoms with Crippen molar-refractivity contribution in [2.75, 3.05) is 6.61 Å². The summed E-state index contributed by atoms with van der Waals surface area (Å²) in [4.78, 5) is 5.42. The van der Waals surface area contributed by atoms with Crippen LogP contribution in [0, 0.1) is 0 Å². The van der Waals surface area contributed by atoms with Gasteiger partial charge in [0.25, 0.3) is 0 Å². The molecule has 2 aromatic heterocycles. The summed E-state index contributed by atoms with van der Waals surface area (Å²) in [6.45, 7) is 0.345. The molecule has 0 saturated heterocycles. The lowest BCUT2D eigenvalue weighted by molar-refractivity contribution is 0.259. The molecule has 0 atom stereocenters. The average molecular weight is 191 g/mol. The topological polar surface area (TPSA) is 76.7 Å². The molecule has 72 valence electrons. The molecule has 2 heterocycles. The van der Waals surface area contributed by atoms with Crippen LogP contribution in [-0.2, 0) is 6.54 Å². The Bertz CT molecular complexity index is 399. The number of aromatic nitrogens is 5. The van der Waals surface area contributed by atoms with Gasteiger partial charge in [0.05, 0.1) is 13.2 Å². The highest BCUT2D eigenvalue weighted by Gasteiger charge is 2.05. The maximum absolute atomic E-state index is 8.66. The summed E-state index contributed by atoms with van der Waals surface area (Å²) in [5, 5.41) is 20.3. The van der Waals surface area contributed by atoms with E-state index in [2.05, 4.69) is 20.4 Å². The molecule has 0 amide bonds. The Kier molecular flexibility index (Phi) is 2.46. The number of nitrogens with zero attached hydrogens (tertiary/aromatic N) is 5. The van der Waals surface area contributed by atoms with Gasteiger partial charge in [-0.25, -0.2) is 0 Å². The van der Waals surface area contributed by atoms with Gasteiger partial charge in [-0.05, 0) is 17.3 Å². The molecule has 6 nitrogen and oxygen atoms in total. The molecule has 2 aromatic rings. The van der Waals surface area contributed by atoms with Crippen molar-refractivity contribution in [3.8, 4) is 11.5 Å². The van der Waals surface area contributed by atoms with Crippen molar-refractivity contribution in [1.29, 1.82) is 0 Å². The third kappa shape index (κ3) is 1.74. The first-order valence-corrected chi connectivity index (χ1v) is 4.20. The highest BCUT2D eigenvalue weighted by Crippen LogP contribution is 2.07. The van der Waals surface area contributed by atoms with Crippen LogP contribution in [0.3, 0.4) is 0 Å². The second-order valence-corrected chi connectivity index (χ2v) is 2.65. The Balaban J connectivity index is 2.25. The number of pyridine rings is 1. The molecule has 0 radical (unpaired) electrons. The van der Waals surface area contributed by atoms with Gasteiger partial charge in [-0.3, -0.25) is 4.98 Å². The minimum atomic E-state index is -0.00197. The lowest BCUT2D eigenvalue weighted by atomic mass is 10.3. The standard InChI is InChI=1S/C8H9N5O/c14-6-5-13-11-8(10-12-13)7-3-1-2-4-9-7/h1-4,14H,5-6H2. The smallest absolute Gasteiger partial charge is 0.223 e. The molecule has 6 heteroatoms. The number of hydrogen-bond donors (Lipinski definition) is 1. The lowest BCUT2D eigenvalue weighted by Crippen LogP contribution is -2.05. The predicted molar refractivity (Wildman–Crippen MR) is 48.1 cm³/mol. The maximum atomic E-state index is 8.66. The van der Waals surface area contributed by atoms with E-state index in [1.165, 1.54) is 4.80 Å². The monoisotopic (exact) mass is 191 g/mol. The fourth-order valence-electron chi connectivity index (χ4n) is 1.02. The Morgan fingerprint density at radius 1 is 1.36 bits per heavy atom. The largest absolute Gasteiger partial charge is 0.394 e. The first-order chi connectivity index (χ1) is 6.90. The highest BCUT2D eigenvalue weighted by atomic mass is 16.3. The Hall–Kier alpha value is -1.82. The summed E-state index contributed by atoms with van der Waals surface area (Å²) in [6.07, 6.45) is 1.67. The molecular formula is C8H9N5O. The normalized spacial score (nSPS) is 10.4. The zero-order valence-corrected chi connectivity index (χ0v) is 7.41. The lowest BCUT2D eigenvalue weighted by Gasteiger charge is -1.91. The Morgan fingerprint density at radius 3 is 3.00 bits per heavy atom. The zero-order chi connectivity index (χ0) is 9.80. The van der Waals surface area contributed by atoms with E-state index in [9.17, 15) is 0 Å². The molecule has 0 spiro atoms. The molecule has 0 aromatic carbocycles. The van der Waals surface area contributed by atoms with Crippen LogP contribution in [-0.4, -0.2) is 36.9 Å². The van der Waals surface area contributed by atoms with Gasteiger partial charge < -0.3 is 5.11 Å². The van der Waals surface area contributed by atoms with E-state index in [0.717, 1.165) is 0 Å². The number of tetrazole rings is 1. The van der Waals surface area contributed by atoms with Gasteiger partial charge in [-0.15, -0.1) is 10.2 Å². The van der Waals surface area contributed by atoms with Crippen LogP contribution >= 0.6 is 0 Å². The zero-order valence-electron chi connectivity index (χ0n) is 7.41. The van der Waals surface area contributed by atoms with Crippen molar-refractivity contribution in [1.82, 2.24) is 25.2 Å². The van der Waals surface area contributed by atoms with Gasteiger partial charge in [0.15, 0.2) is 0 Å². The minimum Gasteiger partial charge on any atom is -0.394 e. The molecule has 0 bridgehead atoms. The van der Waals surface area contributed by atoms with E-state index in [1.54, 1.807) is 12.3 Å². The van der Waals surface area contributed by atoms with Crippen LogP contribution < -0.4 is 0 Å². The summed E-state index contributed by atoms with van der Waals surface area (Å²) >= 11 is 0. The van der Waals surface area contributed by atoms with Gasteiger partial charge in [0.1, 0.15) is 5.69 Å². The molecule has 0 aliphatic carbocycles. The Morgan fingerprint density at radius 2 is 2.29 bits per heavy atom. The summed E-state index contributed by atoms with van der Waals surface area (Å²) in [5.74, 6) is 0.471. The van der Waals surface area contributed by atoms with Gasteiger partial charge in [0, 0.05) is 6.20 Å². The number of aliphatic hydroxyl groups is 1. The van der Waals surface area contributed by atoms with E-state index in [-0.39, 0.29) is 6.61 Å². The number of rotatable bonds is 3. The summed E-state index contributed by atoms with van der Waals surface area (Å²) in [5.41, 5.74) is 0.677. The molecule has 0 fully saturated rings. The van der Waals surface area contributed by atoms with E-state index in [0.29, 0.717) is 18.1 Å². The van der Waals surface area contributed by atoms with Crippen LogP contribution in [0.2, 0.25) is 0 Å². The third-order valence-corrected chi connectivity index (χ3v) is 1.65. The molecule has 0 unspecified atom stereocenters. The minimum absolute atomic E-state index is 0.00197. The quantitative estimate of drug-likeness (QED) is 0.722. The van der Waals surface area contributed by atoms with Crippen molar-refractivity contribution in [2.24, 2.45) is 0 Å². The van der Waals surface area contributed by atoms with Gasteiger partial charge in [-0.2, -0.15) is 4.80 Å². The first kappa shape index (κ1) is 8.76. The summed E-state index contributed by atoms with van der Waals surface area (Å²) in [6, 6.07) is 5.48. The summed E-state index contributed by atoms with van der Waals surface area (Å²) < 4.78 is 0. The van der Waals surface area contributed by atoms with Crippen LogP contribution in [0.15, 0.2) is 24.4 Å². The van der Waals surface area contributed by atoms with Gasteiger partial charge in [-0.1, -0.05) is 6.07 Å². The van der Waals surface area contributed by atoms with E-state index >= 15 is 0 Å². The molecule has 2 rings (SSSR count).